The maximum atomic E-state index is 13.7. The van der Waals surface area contributed by atoms with Crippen LogP contribution in [0.25, 0.3) is 0 Å². The van der Waals surface area contributed by atoms with Gasteiger partial charge in [0.1, 0.15) is 11.8 Å². The fraction of sp³-hybridized carbons (Fsp3) is 0.444. The van der Waals surface area contributed by atoms with Crippen molar-refractivity contribution in [1.82, 2.24) is 4.90 Å². The van der Waals surface area contributed by atoms with Crippen LogP contribution < -0.4 is 5.32 Å². The highest BCUT2D eigenvalue weighted by molar-refractivity contribution is 5.97. The lowest BCUT2D eigenvalue weighted by molar-refractivity contribution is -0.137. The number of benzene rings is 3. The lowest BCUT2D eigenvalue weighted by Gasteiger charge is -2.29. The highest BCUT2D eigenvalue weighted by atomic mass is 16.3. The van der Waals surface area contributed by atoms with E-state index in [1.807, 2.05) is 67.6 Å². The van der Waals surface area contributed by atoms with Crippen molar-refractivity contribution in [2.24, 2.45) is 0 Å². The first-order valence-electron chi connectivity index (χ1n) is 14.6. The van der Waals surface area contributed by atoms with E-state index in [0.29, 0.717) is 23.8 Å². The minimum absolute atomic E-state index is 0.122. The highest BCUT2D eigenvalue weighted by Crippen LogP contribution is 2.40. The van der Waals surface area contributed by atoms with Crippen molar-refractivity contribution in [3.63, 3.8) is 0 Å². The summed E-state index contributed by atoms with van der Waals surface area (Å²) < 4.78 is 0. The molecule has 0 unspecified atom stereocenters. The van der Waals surface area contributed by atoms with Crippen LogP contribution in [0.3, 0.4) is 0 Å². The third-order valence-electron chi connectivity index (χ3n) is 7.68. The number of likely N-dealkylation sites (N-methyl/N-ethyl adjacent to an activating group) is 1. The van der Waals surface area contributed by atoms with Gasteiger partial charge in [-0.25, -0.2) is 0 Å². The summed E-state index contributed by atoms with van der Waals surface area (Å²) in [5, 5.41) is 14.1. The fourth-order valence-corrected chi connectivity index (χ4v) is 5.02. The molecule has 220 valence electrons. The fourth-order valence-electron chi connectivity index (χ4n) is 5.02. The molecule has 0 spiro atoms. The molecule has 0 saturated carbocycles. The van der Waals surface area contributed by atoms with Crippen LogP contribution >= 0.6 is 0 Å². The number of phenols is 1. The number of aryl methyl sites for hydroxylation is 2. The third kappa shape index (κ3) is 8.00. The molecule has 3 aromatic rings. The monoisotopic (exact) mass is 556 g/mol. The number of amides is 2. The molecule has 2 amide bonds. The molecule has 0 heterocycles. The van der Waals surface area contributed by atoms with E-state index in [0.717, 1.165) is 27.8 Å². The van der Waals surface area contributed by atoms with Gasteiger partial charge in [-0.3, -0.25) is 9.59 Å². The predicted molar refractivity (Wildman–Crippen MR) is 170 cm³/mol. The molecule has 3 aromatic carbocycles. The first-order valence-corrected chi connectivity index (χ1v) is 14.6. The van der Waals surface area contributed by atoms with Crippen LogP contribution in [0.5, 0.6) is 5.75 Å². The van der Waals surface area contributed by atoms with Crippen molar-refractivity contribution in [3.8, 4) is 5.75 Å². The van der Waals surface area contributed by atoms with E-state index in [4.69, 9.17) is 0 Å². The second-order valence-electron chi connectivity index (χ2n) is 13.6. The number of aromatic hydroxyl groups is 1. The first-order chi connectivity index (χ1) is 19.0. The van der Waals surface area contributed by atoms with Crippen molar-refractivity contribution in [2.45, 2.75) is 97.9 Å². The summed E-state index contributed by atoms with van der Waals surface area (Å²) in [4.78, 5) is 28.8. The molecule has 0 fully saturated rings. The molecule has 5 heteroatoms. The second kappa shape index (κ2) is 12.5. The van der Waals surface area contributed by atoms with Crippen molar-refractivity contribution >= 4 is 17.5 Å². The number of carbonyl (C=O) groups is 2. The second-order valence-corrected chi connectivity index (χ2v) is 13.6. The molecule has 2 N–H and O–H groups in total. The minimum atomic E-state index is -0.775. The summed E-state index contributed by atoms with van der Waals surface area (Å²) in [5.41, 5.74) is 6.00. The Morgan fingerprint density at radius 2 is 1.32 bits per heavy atom. The number of nitrogens with zero attached hydrogens (tertiary/aromatic N) is 1. The largest absolute Gasteiger partial charge is 0.507 e. The molecule has 3 rings (SSSR count). The van der Waals surface area contributed by atoms with E-state index in [1.54, 1.807) is 11.9 Å². The van der Waals surface area contributed by atoms with Gasteiger partial charge >= 0.3 is 0 Å². The van der Waals surface area contributed by atoms with Gasteiger partial charge in [-0.05, 0) is 70.0 Å². The van der Waals surface area contributed by atoms with Crippen LogP contribution in [0.15, 0.2) is 60.7 Å². The van der Waals surface area contributed by atoms with Crippen LogP contribution in [0.2, 0.25) is 0 Å². The van der Waals surface area contributed by atoms with Gasteiger partial charge in [-0.2, -0.15) is 0 Å². The summed E-state index contributed by atoms with van der Waals surface area (Å²) in [6, 6.07) is 18.9. The Labute approximate surface area is 247 Å². The smallest absolute Gasteiger partial charge is 0.251 e. The minimum Gasteiger partial charge on any atom is -0.507 e. The zero-order valence-electron chi connectivity index (χ0n) is 26.6. The van der Waals surface area contributed by atoms with Gasteiger partial charge in [-0.1, -0.05) is 109 Å². The molecule has 5 nitrogen and oxygen atoms in total. The zero-order chi connectivity index (χ0) is 30.7. The number of phenolic OH excluding ortho intramolecular Hbond substituents is 1. The number of carbonyl (C=O) groups excluding carboxylic acids is 2. The van der Waals surface area contributed by atoms with Gasteiger partial charge in [-0.15, -0.1) is 0 Å². The van der Waals surface area contributed by atoms with Gasteiger partial charge in [0, 0.05) is 19.2 Å². The number of anilines is 1. The van der Waals surface area contributed by atoms with Crippen LogP contribution in [0.4, 0.5) is 5.69 Å². The lowest BCUT2D eigenvalue weighted by Crippen LogP contribution is -2.38. The summed E-state index contributed by atoms with van der Waals surface area (Å²) >= 11 is 0. The Hall–Kier alpha value is -3.60. The van der Waals surface area contributed by atoms with Crippen LogP contribution in [0.1, 0.15) is 107 Å². The van der Waals surface area contributed by atoms with Crippen LogP contribution in [0, 0.1) is 6.92 Å². The van der Waals surface area contributed by atoms with E-state index in [2.05, 4.69) is 60.7 Å². The SMILES string of the molecule is Cc1ccc([C@@H](C(=O)Nc2ccc(C(C)C)cc2)N(C)C(=O)CCc2cc(C(C)(C)C)c(O)c(C(C)(C)C)c2)cc1. The highest BCUT2D eigenvalue weighted by Gasteiger charge is 2.30. The molecule has 0 aromatic heterocycles. The van der Waals surface area contributed by atoms with Crippen LogP contribution in [-0.2, 0) is 26.8 Å². The van der Waals surface area contributed by atoms with Crippen molar-refractivity contribution < 1.29 is 14.7 Å². The zero-order valence-corrected chi connectivity index (χ0v) is 26.6. The molecule has 0 bridgehead atoms. The normalized spacial score (nSPS) is 12.8. The summed E-state index contributed by atoms with van der Waals surface area (Å²) in [6.45, 7) is 18.8. The Morgan fingerprint density at radius 1 is 0.829 bits per heavy atom. The molecule has 0 radical (unpaired) electrons. The van der Waals surface area contributed by atoms with Crippen LogP contribution in [-0.4, -0.2) is 28.9 Å². The van der Waals surface area contributed by atoms with E-state index >= 15 is 0 Å². The third-order valence-corrected chi connectivity index (χ3v) is 7.68. The lowest BCUT2D eigenvalue weighted by atomic mass is 9.78. The van der Waals surface area contributed by atoms with E-state index in [1.165, 1.54) is 5.56 Å². The first kappa shape index (κ1) is 31.9. The van der Waals surface area contributed by atoms with E-state index in [9.17, 15) is 14.7 Å². The molecule has 0 saturated heterocycles. The van der Waals surface area contributed by atoms with Crippen molar-refractivity contribution in [3.05, 3.63) is 94.0 Å². The molecule has 41 heavy (non-hydrogen) atoms. The summed E-state index contributed by atoms with van der Waals surface area (Å²) in [6.07, 6.45) is 0.752. The number of hydrogen-bond acceptors (Lipinski definition) is 3. The average molecular weight is 557 g/mol. The van der Waals surface area contributed by atoms with E-state index < -0.39 is 6.04 Å². The molecule has 0 aliphatic carbocycles. The van der Waals surface area contributed by atoms with Gasteiger partial charge in [0.15, 0.2) is 0 Å². The summed E-state index contributed by atoms with van der Waals surface area (Å²) in [7, 11) is 1.70. The van der Waals surface area contributed by atoms with E-state index in [-0.39, 0.29) is 29.1 Å². The van der Waals surface area contributed by atoms with Gasteiger partial charge in [0.05, 0.1) is 0 Å². The predicted octanol–water partition coefficient (Wildman–Crippen LogP) is 8.19. The molecular weight excluding hydrogens is 508 g/mol. The Balaban J connectivity index is 1.87. The number of rotatable bonds is 8. The van der Waals surface area contributed by atoms with Gasteiger partial charge in [0.2, 0.25) is 5.91 Å². The maximum absolute atomic E-state index is 13.7. The van der Waals surface area contributed by atoms with Crippen molar-refractivity contribution in [1.29, 1.82) is 0 Å². The standard InChI is InChI=1S/C36H48N2O3/c1-23(2)26-16-18-28(19-17-26)37-34(41)32(27-14-11-24(3)12-15-27)38(10)31(39)20-13-25-21-29(35(4,5)6)33(40)30(22-25)36(7,8)9/h11-12,14-19,21-23,32,40H,13,20H2,1-10H3,(H,37,41)/t32-/m0/s1. The average Bonchev–Trinajstić information content (AvgIpc) is 2.88. The quantitative estimate of drug-likeness (QED) is 0.294. The molecule has 0 aliphatic heterocycles. The Kier molecular flexibility index (Phi) is 9.73. The Morgan fingerprint density at radius 3 is 1.78 bits per heavy atom. The van der Waals surface area contributed by atoms with Crippen molar-refractivity contribution in [2.75, 3.05) is 12.4 Å². The van der Waals surface area contributed by atoms with Gasteiger partial charge in [0.25, 0.3) is 5.91 Å². The molecule has 0 aliphatic rings. The molecular formula is C36H48N2O3. The number of hydrogen-bond donors (Lipinski definition) is 2. The maximum Gasteiger partial charge on any atom is 0.251 e. The summed E-state index contributed by atoms with van der Waals surface area (Å²) in [5.74, 6) is 0.353. The Bertz CT molecular complexity index is 1320. The molecule has 1 atom stereocenters. The topological polar surface area (TPSA) is 69.6 Å². The van der Waals surface area contributed by atoms with Gasteiger partial charge < -0.3 is 15.3 Å². The number of nitrogens with one attached hydrogen (secondary N) is 1.